The van der Waals surface area contributed by atoms with Gasteiger partial charge in [-0.2, -0.15) is 0 Å². The fourth-order valence-electron chi connectivity index (χ4n) is 1.98. The molecule has 20 heavy (non-hydrogen) atoms. The van der Waals surface area contributed by atoms with Gasteiger partial charge in [0.15, 0.2) is 5.54 Å². The molecule has 3 N–H and O–H groups in total. The molecule has 1 aliphatic rings. The molecule has 2 amide bonds. The zero-order chi connectivity index (χ0) is 14.6. The van der Waals surface area contributed by atoms with Gasteiger partial charge in [0.25, 0.3) is 0 Å². The van der Waals surface area contributed by atoms with Gasteiger partial charge < -0.3 is 20.5 Å². The molecule has 0 saturated carbocycles. The number of benzene rings is 1. The minimum absolute atomic E-state index is 0.0209. The Hall–Kier alpha value is -1.79. The summed E-state index contributed by atoms with van der Waals surface area (Å²) in [5.74, 6) is -1.09. The number of ether oxygens (including phenoxy) is 1. The summed E-state index contributed by atoms with van der Waals surface area (Å²) in [7, 11) is 0. The largest absolute Gasteiger partial charge is 0.479 e. The number of rotatable bonds is 4. The number of hydrogen-bond donors (Lipinski definition) is 3. The van der Waals surface area contributed by atoms with Crippen LogP contribution >= 0.6 is 11.6 Å². The summed E-state index contributed by atoms with van der Waals surface area (Å²) in [6.45, 7) is 0.566. The van der Waals surface area contributed by atoms with Crippen LogP contribution in [0, 0.1) is 0 Å². The maximum absolute atomic E-state index is 11.8. The number of carbonyl (C=O) groups excluding carboxylic acids is 1. The first-order valence-electron chi connectivity index (χ1n) is 6.13. The number of urea groups is 1. The number of halogens is 1. The van der Waals surface area contributed by atoms with Crippen LogP contribution in [0.5, 0.6) is 0 Å². The van der Waals surface area contributed by atoms with Gasteiger partial charge >= 0.3 is 12.0 Å². The monoisotopic (exact) mass is 298 g/mol. The van der Waals surface area contributed by atoms with Gasteiger partial charge in [0.05, 0.1) is 6.61 Å². The third kappa shape index (κ3) is 3.40. The average Bonchev–Trinajstić information content (AvgIpc) is 2.86. The van der Waals surface area contributed by atoms with Crippen LogP contribution in [-0.4, -0.2) is 35.9 Å². The molecular formula is C13H15ClN2O4. The highest BCUT2D eigenvalue weighted by Crippen LogP contribution is 2.18. The number of carboxylic acid groups (broad SMARTS) is 1. The third-order valence-electron chi connectivity index (χ3n) is 3.13. The Morgan fingerprint density at radius 1 is 1.45 bits per heavy atom. The Labute approximate surface area is 121 Å². The minimum atomic E-state index is -1.33. The number of carboxylic acids is 1. The van der Waals surface area contributed by atoms with Gasteiger partial charge in [-0.15, -0.1) is 0 Å². The van der Waals surface area contributed by atoms with E-state index in [0.29, 0.717) is 11.6 Å². The van der Waals surface area contributed by atoms with Crippen LogP contribution in [0.1, 0.15) is 12.0 Å². The predicted octanol–water partition coefficient (Wildman–Crippen LogP) is 1.38. The van der Waals surface area contributed by atoms with Crippen molar-refractivity contribution in [1.29, 1.82) is 0 Å². The first-order chi connectivity index (χ1) is 9.52. The van der Waals surface area contributed by atoms with Gasteiger partial charge in [0, 0.05) is 24.6 Å². The molecule has 1 aromatic carbocycles. The fraction of sp³-hybridized carbons (Fsp3) is 0.385. The van der Waals surface area contributed by atoms with E-state index in [2.05, 4.69) is 10.6 Å². The average molecular weight is 299 g/mol. The lowest BCUT2D eigenvalue weighted by molar-refractivity contribution is -0.144. The number of nitrogens with one attached hydrogen (secondary N) is 2. The van der Waals surface area contributed by atoms with Crippen molar-refractivity contribution in [2.75, 3.05) is 13.2 Å². The Balaban J connectivity index is 1.90. The smallest absolute Gasteiger partial charge is 0.332 e. The quantitative estimate of drug-likeness (QED) is 0.784. The Morgan fingerprint density at radius 3 is 2.85 bits per heavy atom. The second kappa shape index (κ2) is 6.11. The van der Waals surface area contributed by atoms with E-state index in [1.54, 1.807) is 18.2 Å². The number of amides is 2. The van der Waals surface area contributed by atoms with Crippen molar-refractivity contribution in [3.8, 4) is 0 Å². The van der Waals surface area contributed by atoms with Crippen molar-refractivity contribution in [1.82, 2.24) is 10.6 Å². The molecule has 1 aliphatic heterocycles. The number of carbonyl (C=O) groups is 2. The topological polar surface area (TPSA) is 87.7 Å². The summed E-state index contributed by atoms with van der Waals surface area (Å²) in [4.78, 5) is 23.0. The highest BCUT2D eigenvalue weighted by Gasteiger charge is 2.43. The molecule has 0 aromatic heterocycles. The molecule has 1 atom stereocenters. The normalized spacial score (nSPS) is 21.4. The Kier molecular flexibility index (Phi) is 4.46. The third-order valence-corrected chi connectivity index (χ3v) is 3.36. The summed E-state index contributed by atoms with van der Waals surface area (Å²) in [5.41, 5.74) is -0.502. The molecule has 1 unspecified atom stereocenters. The van der Waals surface area contributed by atoms with Crippen LogP contribution in [0.2, 0.25) is 5.02 Å². The first-order valence-corrected chi connectivity index (χ1v) is 6.51. The van der Waals surface area contributed by atoms with Crippen LogP contribution in [-0.2, 0) is 16.1 Å². The van der Waals surface area contributed by atoms with Crippen molar-refractivity contribution in [3.05, 3.63) is 34.9 Å². The molecule has 1 aromatic rings. The van der Waals surface area contributed by atoms with Gasteiger partial charge in [-0.1, -0.05) is 23.7 Å². The highest BCUT2D eigenvalue weighted by molar-refractivity contribution is 6.30. The predicted molar refractivity (Wildman–Crippen MR) is 72.6 cm³/mol. The van der Waals surface area contributed by atoms with Crippen LogP contribution in [0.4, 0.5) is 4.79 Å². The standard InChI is InChI=1S/C13H15ClN2O4/c14-10-3-1-2-9(6-10)7-15-12(19)16-13(11(17)18)4-5-20-8-13/h1-3,6H,4-5,7-8H2,(H,17,18)(H2,15,16,19). The van der Waals surface area contributed by atoms with Crippen molar-refractivity contribution in [2.45, 2.75) is 18.5 Å². The molecule has 0 radical (unpaired) electrons. The summed E-state index contributed by atoms with van der Waals surface area (Å²) in [5, 5.41) is 14.8. The lowest BCUT2D eigenvalue weighted by Crippen LogP contribution is -2.57. The van der Waals surface area contributed by atoms with E-state index in [9.17, 15) is 14.7 Å². The first kappa shape index (κ1) is 14.6. The van der Waals surface area contributed by atoms with E-state index in [0.717, 1.165) is 5.56 Å². The van der Waals surface area contributed by atoms with Gasteiger partial charge in [0.2, 0.25) is 0 Å². The van der Waals surface area contributed by atoms with Crippen molar-refractivity contribution in [2.24, 2.45) is 0 Å². The van der Waals surface area contributed by atoms with E-state index >= 15 is 0 Å². The van der Waals surface area contributed by atoms with Crippen molar-refractivity contribution >= 4 is 23.6 Å². The van der Waals surface area contributed by atoms with Crippen LogP contribution in [0.25, 0.3) is 0 Å². The SMILES string of the molecule is O=C(NCc1cccc(Cl)c1)NC1(C(=O)O)CCOC1. The van der Waals surface area contributed by atoms with Gasteiger partial charge in [-0.3, -0.25) is 0 Å². The highest BCUT2D eigenvalue weighted by atomic mass is 35.5. The second-order valence-corrected chi connectivity index (χ2v) is 5.06. The molecule has 0 aliphatic carbocycles. The zero-order valence-corrected chi connectivity index (χ0v) is 11.4. The van der Waals surface area contributed by atoms with E-state index in [1.165, 1.54) is 0 Å². The zero-order valence-electron chi connectivity index (χ0n) is 10.7. The molecule has 1 saturated heterocycles. The molecular weight excluding hydrogens is 284 g/mol. The molecule has 6 nitrogen and oxygen atoms in total. The van der Waals surface area contributed by atoms with Crippen molar-refractivity contribution in [3.63, 3.8) is 0 Å². The summed E-state index contributed by atoms with van der Waals surface area (Å²) < 4.78 is 5.06. The van der Waals surface area contributed by atoms with Crippen LogP contribution in [0.3, 0.4) is 0 Å². The molecule has 108 valence electrons. The fourth-order valence-corrected chi connectivity index (χ4v) is 2.19. The van der Waals surface area contributed by atoms with Crippen LogP contribution < -0.4 is 10.6 Å². The minimum Gasteiger partial charge on any atom is -0.479 e. The van der Waals surface area contributed by atoms with Gasteiger partial charge in [0.1, 0.15) is 0 Å². The maximum Gasteiger partial charge on any atom is 0.332 e. The Bertz CT molecular complexity index is 515. The molecule has 7 heteroatoms. The molecule has 1 heterocycles. The molecule has 0 bridgehead atoms. The molecule has 1 fully saturated rings. The Morgan fingerprint density at radius 2 is 2.25 bits per heavy atom. The number of aliphatic carboxylic acids is 1. The summed E-state index contributed by atoms with van der Waals surface area (Å²) >= 11 is 5.84. The van der Waals surface area contributed by atoms with Crippen molar-refractivity contribution < 1.29 is 19.4 Å². The van der Waals surface area contributed by atoms with Gasteiger partial charge in [-0.25, -0.2) is 9.59 Å². The van der Waals surface area contributed by atoms with Crippen LogP contribution in [0.15, 0.2) is 24.3 Å². The second-order valence-electron chi connectivity index (χ2n) is 4.63. The number of hydrogen-bond acceptors (Lipinski definition) is 3. The molecule has 2 rings (SSSR count). The lowest BCUT2D eigenvalue weighted by Gasteiger charge is -2.23. The lowest BCUT2D eigenvalue weighted by atomic mass is 9.99. The van der Waals surface area contributed by atoms with E-state index in [1.807, 2.05) is 6.07 Å². The van der Waals surface area contributed by atoms with Gasteiger partial charge in [-0.05, 0) is 17.7 Å². The molecule has 0 spiro atoms. The van der Waals surface area contributed by atoms with E-state index in [-0.39, 0.29) is 19.6 Å². The maximum atomic E-state index is 11.8. The summed E-state index contributed by atoms with van der Waals surface area (Å²) in [6.07, 6.45) is 0.257. The van der Waals surface area contributed by atoms with E-state index < -0.39 is 17.5 Å². The van der Waals surface area contributed by atoms with E-state index in [4.69, 9.17) is 16.3 Å². The summed E-state index contributed by atoms with van der Waals surface area (Å²) in [6, 6.07) is 6.52.